The highest BCUT2D eigenvalue weighted by atomic mass is 16.7. The van der Waals surface area contributed by atoms with Gasteiger partial charge in [-0.1, -0.05) is 14.9 Å². The molecule has 0 radical (unpaired) electrons. The Labute approximate surface area is 27.5 Å². The molecular formula is C2H10O2. The van der Waals surface area contributed by atoms with E-state index in [2.05, 4.69) is 0 Å². The number of rotatable bonds is 0. The summed E-state index contributed by atoms with van der Waals surface area (Å²) < 4.78 is 0. The molecule has 0 unspecified atom stereocenters. The van der Waals surface area contributed by atoms with E-state index in [4.69, 9.17) is 9.93 Å². The van der Waals surface area contributed by atoms with Gasteiger partial charge in [0.25, 0.3) is 0 Å². The lowest BCUT2D eigenvalue weighted by Crippen LogP contribution is -0.674. The van der Waals surface area contributed by atoms with Gasteiger partial charge in [-0.2, -0.15) is 0 Å². The van der Waals surface area contributed by atoms with Crippen LogP contribution in [0.25, 0.3) is 0 Å². The molecule has 0 aliphatic heterocycles. The molecule has 0 aliphatic carbocycles. The van der Waals surface area contributed by atoms with Crippen LogP contribution in [0.5, 0.6) is 0 Å². The van der Waals surface area contributed by atoms with Crippen LogP contribution in [0, 0.1) is 9.93 Å². The SMILES string of the molecule is C.C.O=O.[HH]. The van der Waals surface area contributed by atoms with Crippen molar-refractivity contribution < 1.29 is 1.43 Å². The van der Waals surface area contributed by atoms with Crippen LogP contribution in [0.3, 0.4) is 0 Å². The van der Waals surface area contributed by atoms with Gasteiger partial charge < -0.3 is 0 Å². The summed E-state index contributed by atoms with van der Waals surface area (Å²) in [5.41, 5.74) is 0. The van der Waals surface area contributed by atoms with Gasteiger partial charge in [0.05, 0.1) is 0 Å². The van der Waals surface area contributed by atoms with Gasteiger partial charge in [0.2, 0.25) is 0 Å². The lowest BCUT2D eigenvalue weighted by molar-refractivity contribution is 2.50. The fraction of sp³-hybridized carbons (Fsp3) is 1.00. The Kier molecular flexibility index (Phi) is 703. The van der Waals surface area contributed by atoms with Crippen molar-refractivity contribution >= 4 is 0 Å². The zero-order valence-corrected chi connectivity index (χ0v) is 0.816. The van der Waals surface area contributed by atoms with Crippen LogP contribution in [-0.2, 0) is 0 Å². The molecule has 0 saturated carbocycles. The van der Waals surface area contributed by atoms with Gasteiger partial charge >= 0.3 is 0 Å². The second-order valence-electron chi connectivity index (χ2n) is 0. The Balaban J connectivity index is -0.00000000167. The number of hydrogen-bond donors (Lipinski definition) is 0. The van der Waals surface area contributed by atoms with Crippen molar-refractivity contribution in [3.05, 3.63) is 9.93 Å². The molecule has 0 bridgehead atoms. The lowest BCUT2D eigenvalue weighted by Gasteiger charge is -0.707. The minimum Gasteiger partial charge on any atom is -0.0776 e. The van der Waals surface area contributed by atoms with Crippen LogP contribution in [0.4, 0.5) is 0 Å². The van der Waals surface area contributed by atoms with Gasteiger partial charge in [0, 0.05) is 11.4 Å². The first-order chi connectivity index (χ1) is 1.00. The largest absolute Gasteiger partial charge is 0.0776 e. The van der Waals surface area contributed by atoms with Crippen LogP contribution in [0.15, 0.2) is 0 Å². The van der Waals surface area contributed by atoms with Gasteiger partial charge in [0.15, 0.2) is 0 Å². The van der Waals surface area contributed by atoms with Crippen molar-refractivity contribution in [2.75, 3.05) is 0 Å². The zero-order valence-electron chi connectivity index (χ0n) is 0.816. The van der Waals surface area contributed by atoms with Crippen molar-refractivity contribution in [3.8, 4) is 0 Å². The van der Waals surface area contributed by atoms with E-state index in [-0.39, 0.29) is 16.3 Å². The predicted molar refractivity (Wildman–Crippen MR) is 22.3 cm³/mol. The van der Waals surface area contributed by atoms with Crippen molar-refractivity contribution in [1.29, 1.82) is 0 Å². The Morgan fingerprint density at radius 1 is 1.00 bits per heavy atom. The minimum absolute atomic E-state index is 0. The van der Waals surface area contributed by atoms with E-state index in [0.29, 0.717) is 0 Å². The maximum atomic E-state index is 7.00. The average molecular weight is 66.1 g/mol. The summed E-state index contributed by atoms with van der Waals surface area (Å²) in [4.78, 5) is 14.0. The summed E-state index contributed by atoms with van der Waals surface area (Å²) in [5.74, 6) is 0. The van der Waals surface area contributed by atoms with Crippen LogP contribution in [0.2, 0.25) is 0 Å². The highest BCUT2D eigenvalue weighted by molar-refractivity contribution is 4.07. The summed E-state index contributed by atoms with van der Waals surface area (Å²) in [6.45, 7) is 0. The standard InChI is InChI=1S/2CH4.O2.H2/c;;1-2;/h2*1H4;;1H. The Morgan fingerprint density at radius 2 is 1.00 bits per heavy atom. The summed E-state index contributed by atoms with van der Waals surface area (Å²) in [7, 11) is 0. The Hall–Kier alpha value is -0.400. The van der Waals surface area contributed by atoms with Gasteiger partial charge in [0.1, 0.15) is 0 Å². The molecule has 0 saturated heterocycles. The van der Waals surface area contributed by atoms with E-state index in [1.54, 1.807) is 0 Å². The Morgan fingerprint density at radius 3 is 1.00 bits per heavy atom. The quantitative estimate of drug-likeness (QED) is 0.430. The molecular weight excluding hydrogens is 56.0 g/mol. The smallest absolute Gasteiger partial charge is 0 e. The van der Waals surface area contributed by atoms with Crippen molar-refractivity contribution in [1.82, 2.24) is 0 Å². The normalized spacial score (nSPS) is 1.00. The molecule has 0 fully saturated rings. The van der Waals surface area contributed by atoms with Crippen LogP contribution >= 0.6 is 0 Å². The second kappa shape index (κ2) is 41.6. The van der Waals surface area contributed by atoms with Gasteiger partial charge in [-0.05, 0) is 0 Å². The summed E-state index contributed by atoms with van der Waals surface area (Å²) in [6, 6.07) is 0. The van der Waals surface area contributed by atoms with E-state index < -0.39 is 0 Å². The molecule has 0 atom stereocenters. The molecule has 0 aromatic heterocycles. The Bertz CT molecular complexity index is 7.61. The molecule has 0 aromatic carbocycles. The van der Waals surface area contributed by atoms with Crippen LogP contribution < -0.4 is 0 Å². The van der Waals surface area contributed by atoms with Crippen molar-refractivity contribution in [2.24, 2.45) is 0 Å². The molecule has 0 aliphatic rings. The van der Waals surface area contributed by atoms with Gasteiger partial charge in [-0.15, -0.1) is 0 Å². The van der Waals surface area contributed by atoms with Crippen LogP contribution in [0.1, 0.15) is 16.3 Å². The van der Waals surface area contributed by atoms with Gasteiger partial charge in [-0.3, -0.25) is 0 Å². The fourth-order valence-corrected chi connectivity index (χ4v) is 0. The molecule has 0 heterocycles. The first-order valence-corrected chi connectivity index (χ1v) is 0.167. The van der Waals surface area contributed by atoms with E-state index in [9.17, 15) is 0 Å². The van der Waals surface area contributed by atoms with E-state index in [1.807, 2.05) is 0 Å². The predicted octanol–water partition coefficient (Wildman–Crippen LogP) is 1.59. The summed E-state index contributed by atoms with van der Waals surface area (Å²) >= 11 is 0. The second-order valence-corrected chi connectivity index (χ2v) is 0. The molecule has 0 N–H and O–H groups in total. The average Bonchev–Trinajstić information content (AvgIpc) is 1.00. The molecule has 2 nitrogen and oxygen atoms in total. The van der Waals surface area contributed by atoms with E-state index in [1.165, 1.54) is 0 Å². The molecule has 30 valence electrons. The molecule has 0 rings (SSSR count). The van der Waals surface area contributed by atoms with Crippen molar-refractivity contribution in [2.45, 2.75) is 14.9 Å². The van der Waals surface area contributed by atoms with E-state index in [0.717, 1.165) is 0 Å². The highest BCUT2D eigenvalue weighted by Crippen LogP contribution is 0.741. The molecule has 4 heavy (non-hydrogen) atoms. The summed E-state index contributed by atoms with van der Waals surface area (Å²) in [5, 5.41) is 0. The first kappa shape index (κ1) is 67.6. The first-order valence-electron chi connectivity index (χ1n) is 0.167. The van der Waals surface area contributed by atoms with Crippen molar-refractivity contribution in [3.63, 3.8) is 0 Å². The zero-order chi connectivity index (χ0) is 2.00. The molecule has 2 heteroatoms. The van der Waals surface area contributed by atoms with E-state index >= 15 is 0 Å². The minimum atomic E-state index is 0. The highest BCUT2D eigenvalue weighted by Gasteiger charge is 0.707. The third-order valence-electron chi connectivity index (χ3n) is 0. The molecule has 0 spiro atoms. The number of hydrogen-bond acceptors (Lipinski definition) is 2. The lowest BCUT2D eigenvalue weighted by atomic mass is 12.0. The third kappa shape index (κ3) is 3.60. The maximum Gasteiger partial charge on any atom is 0 e. The maximum absolute atomic E-state index is 7.00. The fourth-order valence-electron chi connectivity index (χ4n) is 0. The topological polar surface area (TPSA) is 34.1 Å². The van der Waals surface area contributed by atoms with Crippen LogP contribution in [-0.4, -0.2) is 0 Å². The molecule has 0 aromatic rings. The summed E-state index contributed by atoms with van der Waals surface area (Å²) in [6.07, 6.45) is 0. The third-order valence-corrected chi connectivity index (χ3v) is 0. The monoisotopic (exact) mass is 66.1 g/mol. The molecule has 0 amide bonds. The van der Waals surface area contributed by atoms with Gasteiger partial charge in [-0.25, -0.2) is 0 Å².